The Morgan fingerprint density at radius 2 is 2.00 bits per heavy atom. The number of halogens is 1. The van der Waals surface area contributed by atoms with Crippen molar-refractivity contribution in [2.24, 2.45) is 0 Å². The Hall–Kier alpha value is -3.07. The van der Waals surface area contributed by atoms with Gasteiger partial charge >= 0.3 is 6.03 Å². The lowest BCUT2D eigenvalue weighted by molar-refractivity contribution is 0.248. The molecule has 0 aliphatic carbocycles. The van der Waals surface area contributed by atoms with Gasteiger partial charge in [0, 0.05) is 0 Å². The van der Waals surface area contributed by atoms with Crippen molar-refractivity contribution in [1.29, 1.82) is 5.26 Å². The molecule has 24 heavy (non-hydrogen) atoms. The first kappa shape index (κ1) is 17.3. The summed E-state index contributed by atoms with van der Waals surface area (Å²) in [5, 5.41) is 14.4. The molecule has 1 atom stereocenters. The highest BCUT2D eigenvalue weighted by molar-refractivity contribution is 5.91. The standard InChI is InChI=1S/C18H18FN3O2/c1-3-16(12-4-7-15(24-2)8-5-12)21-18(23)22-17-9-6-14(19)10-13(17)11-20/h4-10,16H,3H2,1-2H3,(H2,21,22,23). The number of benzene rings is 2. The third-order valence-corrected chi connectivity index (χ3v) is 3.58. The molecule has 2 aromatic rings. The monoisotopic (exact) mass is 327 g/mol. The van der Waals surface area contributed by atoms with Gasteiger partial charge in [-0.2, -0.15) is 5.26 Å². The van der Waals surface area contributed by atoms with E-state index in [2.05, 4.69) is 10.6 Å². The van der Waals surface area contributed by atoms with Gasteiger partial charge in [0.2, 0.25) is 0 Å². The zero-order chi connectivity index (χ0) is 17.5. The first-order valence-corrected chi connectivity index (χ1v) is 7.48. The Bertz CT molecular complexity index is 754. The van der Waals surface area contributed by atoms with Crippen molar-refractivity contribution in [2.75, 3.05) is 12.4 Å². The van der Waals surface area contributed by atoms with Crippen LogP contribution in [0.15, 0.2) is 42.5 Å². The fraction of sp³-hybridized carbons (Fsp3) is 0.222. The smallest absolute Gasteiger partial charge is 0.319 e. The Morgan fingerprint density at radius 1 is 1.29 bits per heavy atom. The molecule has 2 amide bonds. The van der Waals surface area contributed by atoms with Crippen LogP contribution in [0, 0.1) is 17.1 Å². The van der Waals surface area contributed by atoms with Crippen LogP contribution < -0.4 is 15.4 Å². The van der Waals surface area contributed by atoms with Crippen molar-refractivity contribution in [3.63, 3.8) is 0 Å². The maximum atomic E-state index is 13.1. The fourth-order valence-corrected chi connectivity index (χ4v) is 2.29. The zero-order valence-electron chi connectivity index (χ0n) is 13.5. The van der Waals surface area contributed by atoms with Crippen molar-refractivity contribution >= 4 is 11.7 Å². The number of ether oxygens (including phenoxy) is 1. The largest absolute Gasteiger partial charge is 0.497 e. The number of nitriles is 1. The van der Waals surface area contributed by atoms with Crippen molar-refractivity contribution in [1.82, 2.24) is 5.32 Å². The van der Waals surface area contributed by atoms with Gasteiger partial charge in [-0.1, -0.05) is 19.1 Å². The van der Waals surface area contributed by atoms with Gasteiger partial charge in [-0.3, -0.25) is 0 Å². The Balaban J connectivity index is 2.08. The topological polar surface area (TPSA) is 74.2 Å². The van der Waals surface area contributed by atoms with E-state index in [1.807, 2.05) is 37.3 Å². The first-order valence-electron chi connectivity index (χ1n) is 7.48. The summed E-state index contributed by atoms with van der Waals surface area (Å²) < 4.78 is 18.2. The molecule has 0 bridgehead atoms. The molecule has 0 spiro atoms. The quantitative estimate of drug-likeness (QED) is 0.872. The molecule has 0 aliphatic rings. The second kappa shape index (κ2) is 7.97. The predicted octanol–water partition coefficient (Wildman–Crippen LogP) is 3.98. The van der Waals surface area contributed by atoms with E-state index in [0.717, 1.165) is 17.4 Å². The summed E-state index contributed by atoms with van der Waals surface area (Å²) in [6, 6.07) is 12.3. The number of rotatable bonds is 5. The summed E-state index contributed by atoms with van der Waals surface area (Å²) in [6.45, 7) is 1.95. The van der Waals surface area contributed by atoms with Gasteiger partial charge in [0.05, 0.1) is 24.4 Å². The van der Waals surface area contributed by atoms with Crippen LogP contribution in [0.4, 0.5) is 14.9 Å². The molecule has 1 unspecified atom stereocenters. The van der Waals surface area contributed by atoms with Crippen LogP contribution >= 0.6 is 0 Å². The molecule has 0 saturated carbocycles. The number of carbonyl (C=O) groups excluding carboxylic acids is 1. The van der Waals surface area contributed by atoms with Crippen LogP contribution in [0.2, 0.25) is 0 Å². The number of urea groups is 1. The van der Waals surface area contributed by atoms with Crippen molar-refractivity contribution in [3.05, 3.63) is 59.4 Å². The number of nitrogens with zero attached hydrogens (tertiary/aromatic N) is 1. The summed E-state index contributed by atoms with van der Waals surface area (Å²) in [5.41, 5.74) is 1.27. The maximum absolute atomic E-state index is 13.1. The van der Waals surface area contributed by atoms with E-state index in [9.17, 15) is 9.18 Å². The number of amides is 2. The van der Waals surface area contributed by atoms with Gasteiger partial charge in [-0.15, -0.1) is 0 Å². The average molecular weight is 327 g/mol. The second-order valence-corrected chi connectivity index (χ2v) is 5.13. The lowest BCUT2D eigenvalue weighted by Gasteiger charge is -2.18. The second-order valence-electron chi connectivity index (χ2n) is 5.13. The van der Waals surface area contributed by atoms with Gasteiger partial charge in [0.1, 0.15) is 17.6 Å². The number of nitrogens with one attached hydrogen (secondary N) is 2. The molecule has 2 N–H and O–H groups in total. The number of hydrogen-bond donors (Lipinski definition) is 2. The number of carbonyl (C=O) groups is 1. The highest BCUT2D eigenvalue weighted by atomic mass is 19.1. The van der Waals surface area contributed by atoms with Crippen molar-refractivity contribution < 1.29 is 13.9 Å². The minimum atomic E-state index is -0.526. The van der Waals surface area contributed by atoms with E-state index in [1.54, 1.807) is 7.11 Å². The van der Waals surface area contributed by atoms with E-state index in [-0.39, 0.29) is 17.3 Å². The van der Waals surface area contributed by atoms with Gasteiger partial charge < -0.3 is 15.4 Å². The summed E-state index contributed by atoms with van der Waals surface area (Å²) >= 11 is 0. The number of hydrogen-bond acceptors (Lipinski definition) is 3. The van der Waals surface area contributed by atoms with Crippen molar-refractivity contribution in [2.45, 2.75) is 19.4 Å². The summed E-state index contributed by atoms with van der Waals surface area (Å²) in [5.74, 6) is 0.213. The third-order valence-electron chi connectivity index (χ3n) is 3.58. The third kappa shape index (κ3) is 4.23. The predicted molar refractivity (Wildman–Crippen MR) is 89.3 cm³/mol. The molecule has 2 aromatic carbocycles. The van der Waals surface area contributed by atoms with Crippen LogP contribution in [0.1, 0.15) is 30.5 Å². The molecule has 0 aliphatic heterocycles. The number of methoxy groups -OCH3 is 1. The minimum Gasteiger partial charge on any atom is -0.497 e. The molecular weight excluding hydrogens is 309 g/mol. The molecular formula is C18H18FN3O2. The lowest BCUT2D eigenvalue weighted by atomic mass is 10.0. The van der Waals surface area contributed by atoms with Gasteiger partial charge in [0.25, 0.3) is 0 Å². The van der Waals surface area contributed by atoms with Crippen LogP contribution in [0.5, 0.6) is 5.75 Å². The molecule has 0 saturated heterocycles. The van der Waals surface area contributed by atoms with E-state index in [4.69, 9.17) is 10.00 Å². The summed E-state index contributed by atoms with van der Waals surface area (Å²) in [4.78, 5) is 12.2. The van der Waals surface area contributed by atoms with Gasteiger partial charge in [0.15, 0.2) is 0 Å². The zero-order valence-corrected chi connectivity index (χ0v) is 13.5. The highest BCUT2D eigenvalue weighted by Crippen LogP contribution is 2.21. The fourth-order valence-electron chi connectivity index (χ4n) is 2.29. The summed E-state index contributed by atoms with van der Waals surface area (Å²) in [6.07, 6.45) is 0.689. The maximum Gasteiger partial charge on any atom is 0.319 e. The van der Waals surface area contributed by atoms with Crippen LogP contribution in [-0.4, -0.2) is 13.1 Å². The average Bonchev–Trinajstić information content (AvgIpc) is 2.61. The Morgan fingerprint density at radius 3 is 2.58 bits per heavy atom. The molecule has 6 heteroatoms. The highest BCUT2D eigenvalue weighted by Gasteiger charge is 2.14. The molecule has 0 heterocycles. The van der Waals surface area contributed by atoms with E-state index >= 15 is 0 Å². The summed E-state index contributed by atoms with van der Waals surface area (Å²) in [7, 11) is 1.59. The molecule has 5 nitrogen and oxygen atoms in total. The van der Waals surface area contributed by atoms with E-state index in [0.29, 0.717) is 6.42 Å². The van der Waals surface area contributed by atoms with Gasteiger partial charge in [-0.05, 0) is 42.3 Å². The normalized spacial score (nSPS) is 11.2. The SMILES string of the molecule is CCC(NC(=O)Nc1ccc(F)cc1C#N)c1ccc(OC)cc1. The van der Waals surface area contributed by atoms with Crippen LogP contribution in [0.25, 0.3) is 0 Å². The van der Waals surface area contributed by atoms with E-state index < -0.39 is 11.8 Å². The minimum absolute atomic E-state index is 0.0719. The molecule has 0 aromatic heterocycles. The Kier molecular flexibility index (Phi) is 5.74. The van der Waals surface area contributed by atoms with Crippen LogP contribution in [-0.2, 0) is 0 Å². The molecule has 124 valence electrons. The molecule has 2 rings (SSSR count). The van der Waals surface area contributed by atoms with Gasteiger partial charge in [-0.25, -0.2) is 9.18 Å². The van der Waals surface area contributed by atoms with Crippen LogP contribution in [0.3, 0.4) is 0 Å². The first-order chi connectivity index (χ1) is 11.6. The van der Waals surface area contributed by atoms with Crippen molar-refractivity contribution in [3.8, 4) is 11.8 Å². The number of anilines is 1. The van der Waals surface area contributed by atoms with E-state index in [1.165, 1.54) is 12.1 Å². The lowest BCUT2D eigenvalue weighted by Crippen LogP contribution is -2.32. The molecule has 0 fully saturated rings. The molecule has 0 radical (unpaired) electrons. The Labute approximate surface area is 140 Å².